The molecule has 144 valence electrons. The minimum Gasteiger partial charge on any atom is -0.478 e. The maximum Gasteiger partial charge on any atom is 0.335 e. The first kappa shape index (κ1) is 19.4. The molecule has 0 heterocycles. The molecule has 28 heavy (non-hydrogen) atoms. The van der Waals surface area contributed by atoms with Crippen LogP contribution in [0.5, 0.6) is 17.2 Å². The number of para-hydroxylation sites is 1. The Hall–Kier alpha value is -3.36. The van der Waals surface area contributed by atoms with E-state index in [9.17, 15) is 14.1 Å². The Bertz CT molecular complexity index is 981. The molecule has 1 atom stereocenters. The van der Waals surface area contributed by atoms with Gasteiger partial charge < -0.3 is 19.3 Å². The SMILES string of the molecule is NS(=O)Oc1cc(C(=O)O)cc(NCc2ccccc2)c1Oc1ccccc1. The Morgan fingerprint density at radius 3 is 2.29 bits per heavy atom. The maximum absolute atomic E-state index is 11.5. The highest BCUT2D eigenvalue weighted by atomic mass is 32.2. The fraction of sp³-hybridized carbons (Fsp3) is 0.0500. The zero-order valence-electron chi connectivity index (χ0n) is 14.7. The van der Waals surface area contributed by atoms with E-state index in [1.807, 2.05) is 36.4 Å². The van der Waals surface area contributed by atoms with E-state index in [2.05, 4.69) is 5.32 Å². The van der Waals surface area contributed by atoms with Crippen LogP contribution in [-0.4, -0.2) is 15.3 Å². The van der Waals surface area contributed by atoms with Gasteiger partial charge >= 0.3 is 5.97 Å². The van der Waals surface area contributed by atoms with Crippen molar-refractivity contribution in [3.63, 3.8) is 0 Å². The van der Waals surface area contributed by atoms with E-state index < -0.39 is 17.2 Å². The lowest BCUT2D eigenvalue weighted by molar-refractivity contribution is 0.0696. The predicted octanol–water partition coefficient (Wildman–Crippen LogP) is 3.71. The molecule has 0 saturated heterocycles. The highest BCUT2D eigenvalue weighted by Gasteiger charge is 2.19. The Labute approximate surface area is 164 Å². The first-order valence-corrected chi connectivity index (χ1v) is 9.43. The van der Waals surface area contributed by atoms with Crippen LogP contribution in [0.4, 0.5) is 5.69 Å². The largest absolute Gasteiger partial charge is 0.478 e. The van der Waals surface area contributed by atoms with Crippen molar-refractivity contribution in [3.8, 4) is 17.2 Å². The number of hydrogen-bond acceptors (Lipinski definition) is 5. The van der Waals surface area contributed by atoms with Gasteiger partial charge in [0, 0.05) is 12.6 Å². The van der Waals surface area contributed by atoms with Crippen molar-refractivity contribution in [2.75, 3.05) is 5.32 Å². The third-order valence-corrected chi connectivity index (χ3v) is 4.11. The Morgan fingerprint density at radius 1 is 1.04 bits per heavy atom. The number of carbonyl (C=O) groups is 1. The number of anilines is 1. The van der Waals surface area contributed by atoms with Crippen LogP contribution in [-0.2, 0) is 17.8 Å². The normalized spacial score (nSPS) is 11.5. The standard InChI is InChI=1S/C20H18N2O5S/c21-28(25)27-18-12-15(20(23)24)11-17(22-13-14-7-3-1-4-8-14)19(18)26-16-9-5-2-6-10-16/h1-12,22H,13,21H2,(H,23,24). The van der Waals surface area contributed by atoms with Crippen molar-refractivity contribution in [1.82, 2.24) is 0 Å². The second-order valence-corrected chi connectivity index (χ2v) is 6.44. The third kappa shape index (κ3) is 5.09. The molecule has 0 aliphatic carbocycles. The van der Waals surface area contributed by atoms with E-state index in [1.54, 1.807) is 24.3 Å². The molecule has 8 heteroatoms. The number of aromatic carboxylic acids is 1. The predicted molar refractivity (Wildman–Crippen MR) is 107 cm³/mol. The molecule has 0 aromatic heterocycles. The van der Waals surface area contributed by atoms with Gasteiger partial charge in [0.15, 0.2) is 11.5 Å². The number of benzene rings is 3. The smallest absolute Gasteiger partial charge is 0.335 e. The molecule has 1 unspecified atom stereocenters. The van der Waals surface area contributed by atoms with Crippen LogP contribution in [0, 0.1) is 0 Å². The summed E-state index contributed by atoms with van der Waals surface area (Å²) in [4.78, 5) is 11.5. The highest BCUT2D eigenvalue weighted by molar-refractivity contribution is 7.78. The number of nitrogens with one attached hydrogen (secondary N) is 1. The van der Waals surface area contributed by atoms with E-state index in [1.165, 1.54) is 12.1 Å². The molecule has 0 aliphatic heterocycles. The van der Waals surface area contributed by atoms with Gasteiger partial charge in [-0.05, 0) is 23.8 Å². The van der Waals surface area contributed by atoms with Crippen molar-refractivity contribution >= 4 is 22.9 Å². The summed E-state index contributed by atoms with van der Waals surface area (Å²) in [5, 5.41) is 17.8. The second-order valence-electron chi connectivity index (χ2n) is 5.75. The Morgan fingerprint density at radius 2 is 1.68 bits per heavy atom. The first-order valence-electron chi connectivity index (χ1n) is 8.29. The molecule has 0 amide bonds. The molecular formula is C20H18N2O5S. The molecule has 0 bridgehead atoms. The van der Waals surface area contributed by atoms with Gasteiger partial charge in [-0.1, -0.05) is 48.5 Å². The van der Waals surface area contributed by atoms with Crippen LogP contribution >= 0.6 is 0 Å². The van der Waals surface area contributed by atoms with Gasteiger partial charge in [-0.3, -0.25) is 0 Å². The van der Waals surface area contributed by atoms with Crippen molar-refractivity contribution in [2.45, 2.75) is 6.54 Å². The molecule has 4 N–H and O–H groups in total. The summed E-state index contributed by atoms with van der Waals surface area (Å²) in [6, 6.07) is 21.1. The van der Waals surface area contributed by atoms with E-state index in [0.717, 1.165) is 5.56 Å². The second kappa shape index (κ2) is 9.03. The van der Waals surface area contributed by atoms with Crippen LogP contribution < -0.4 is 19.4 Å². The lowest BCUT2D eigenvalue weighted by Gasteiger charge is -2.17. The van der Waals surface area contributed by atoms with Gasteiger partial charge in [-0.2, -0.15) is 4.21 Å². The van der Waals surface area contributed by atoms with Crippen molar-refractivity contribution < 1.29 is 23.0 Å². The minimum absolute atomic E-state index is 0.0415. The van der Waals surface area contributed by atoms with Gasteiger partial charge in [0.2, 0.25) is 0 Å². The Balaban J connectivity index is 2.02. The molecule has 0 spiro atoms. The van der Waals surface area contributed by atoms with Crippen molar-refractivity contribution in [3.05, 3.63) is 83.9 Å². The lowest BCUT2D eigenvalue weighted by atomic mass is 10.1. The quantitative estimate of drug-likeness (QED) is 0.533. The van der Waals surface area contributed by atoms with E-state index in [0.29, 0.717) is 18.0 Å². The average Bonchev–Trinajstić information content (AvgIpc) is 2.69. The molecule has 3 aromatic rings. The molecule has 0 radical (unpaired) electrons. The summed E-state index contributed by atoms with van der Waals surface area (Å²) in [5.41, 5.74) is 1.29. The zero-order chi connectivity index (χ0) is 19.9. The number of hydrogen-bond donors (Lipinski definition) is 3. The number of ether oxygens (including phenoxy) is 1. The van der Waals surface area contributed by atoms with Crippen LogP contribution in [0.15, 0.2) is 72.8 Å². The fourth-order valence-electron chi connectivity index (χ4n) is 2.51. The van der Waals surface area contributed by atoms with Crippen molar-refractivity contribution in [1.29, 1.82) is 0 Å². The first-order chi connectivity index (χ1) is 13.5. The summed E-state index contributed by atoms with van der Waals surface area (Å²) in [7, 11) is 0. The van der Waals surface area contributed by atoms with Crippen molar-refractivity contribution in [2.24, 2.45) is 5.14 Å². The van der Waals surface area contributed by atoms with Gasteiger partial charge in [-0.15, -0.1) is 0 Å². The zero-order valence-corrected chi connectivity index (χ0v) is 15.5. The van der Waals surface area contributed by atoms with Gasteiger partial charge in [0.1, 0.15) is 5.75 Å². The average molecular weight is 398 g/mol. The summed E-state index contributed by atoms with van der Waals surface area (Å²) in [6.07, 6.45) is 0. The van der Waals surface area contributed by atoms with Crippen LogP contribution in [0.25, 0.3) is 0 Å². The number of nitrogens with two attached hydrogens (primary N) is 1. The molecule has 7 nitrogen and oxygen atoms in total. The van der Waals surface area contributed by atoms with Crippen LogP contribution in [0.1, 0.15) is 15.9 Å². The number of carboxylic acid groups (broad SMARTS) is 1. The monoisotopic (exact) mass is 398 g/mol. The Kier molecular flexibility index (Phi) is 6.25. The van der Waals surface area contributed by atoms with Gasteiger partial charge in [-0.25, -0.2) is 9.93 Å². The molecule has 3 aromatic carbocycles. The van der Waals surface area contributed by atoms with E-state index in [4.69, 9.17) is 14.1 Å². The summed E-state index contributed by atoms with van der Waals surface area (Å²) >= 11 is -2.16. The number of rotatable bonds is 8. The summed E-state index contributed by atoms with van der Waals surface area (Å²) < 4.78 is 22.4. The van der Waals surface area contributed by atoms with Crippen LogP contribution in [0.3, 0.4) is 0 Å². The molecular weight excluding hydrogens is 380 g/mol. The molecule has 0 fully saturated rings. The van der Waals surface area contributed by atoms with Gasteiger partial charge in [0.05, 0.1) is 11.3 Å². The fourth-order valence-corrected chi connectivity index (χ4v) is 2.81. The number of carboxylic acids is 1. The van der Waals surface area contributed by atoms with E-state index >= 15 is 0 Å². The third-order valence-electron chi connectivity index (χ3n) is 3.76. The van der Waals surface area contributed by atoms with Crippen LogP contribution in [0.2, 0.25) is 0 Å². The molecule has 0 aliphatic rings. The molecule has 3 rings (SSSR count). The summed E-state index contributed by atoms with van der Waals surface area (Å²) in [6.45, 7) is 0.417. The lowest BCUT2D eigenvalue weighted by Crippen LogP contribution is -2.12. The topological polar surface area (TPSA) is 111 Å². The maximum atomic E-state index is 11.5. The van der Waals surface area contributed by atoms with E-state index in [-0.39, 0.29) is 17.1 Å². The highest BCUT2D eigenvalue weighted by Crippen LogP contribution is 2.40. The minimum atomic E-state index is -2.16. The summed E-state index contributed by atoms with van der Waals surface area (Å²) in [5.74, 6) is -0.520. The van der Waals surface area contributed by atoms with Gasteiger partial charge in [0.25, 0.3) is 11.3 Å². The molecule has 0 saturated carbocycles.